The van der Waals surface area contributed by atoms with Gasteiger partial charge in [0.1, 0.15) is 0 Å². The van der Waals surface area contributed by atoms with Crippen molar-refractivity contribution in [2.24, 2.45) is 0 Å². The van der Waals surface area contributed by atoms with Crippen LogP contribution in [0.1, 0.15) is 19.3 Å². The molecule has 7 heteroatoms. The number of nitrogens with zero attached hydrogens (tertiary/aromatic N) is 2. The first-order chi connectivity index (χ1) is 11.1. The van der Waals surface area contributed by atoms with Crippen molar-refractivity contribution >= 4 is 27.3 Å². The number of nitrogens with one attached hydrogen (secondary N) is 1. The van der Waals surface area contributed by atoms with E-state index in [2.05, 4.69) is 9.71 Å². The summed E-state index contributed by atoms with van der Waals surface area (Å²) in [4.78, 5) is 17.6. The Morgan fingerprint density at radius 1 is 1.09 bits per heavy atom. The van der Waals surface area contributed by atoms with Crippen molar-refractivity contribution < 1.29 is 13.2 Å². The Kier molecular flexibility index (Phi) is 4.29. The number of benzene rings is 1. The molecule has 0 spiro atoms. The van der Waals surface area contributed by atoms with Crippen LogP contribution in [0.3, 0.4) is 0 Å². The van der Waals surface area contributed by atoms with Gasteiger partial charge in [-0.1, -0.05) is 0 Å². The minimum atomic E-state index is -3.67. The van der Waals surface area contributed by atoms with Crippen LogP contribution in [0.25, 0.3) is 0 Å². The number of hydrogen-bond donors (Lipinski definition) is 1. The predicted octanol–water partition coefficient (Wildman–Crippen LogP) is 2.40. The molecule has 1 saturated heterocycles. The largest absolute Gasteiger partial charge is 0.312 e. The van der Waals surface area contributed by atoms with E-state index >= 15 is 0 Å². The molecule has 1 amide bonds. The third kappa shape index (κ3) is 3.50. The monoisotopic (exact) mass is 331 g/mol. The van der Waals surface area contributed by atoms with E-state index in [9.17, 15) is 13.2 Å². The first-order valence-corrected chi connectivity index (χ1v) is 8.88. The van der Waals surface area contributed by atoms with Crippen molar-refractivity contribution in [1.82, 2.24) is 4.98 Å². The quantitative estimate of drug-likeness (QED) is 0.933. The van der Waals surface area contributed by atoms with Crippen LogP contribution in [-0.4, -0.2) is 25.9 Å². The molecule has 0 aliphatic carbocycles. The van der Waals surface area contributed by atoms with Gasteiger partial charge in [-0.15, -0.1) is 0 Å². The van der Waals surface area contributed by atoms with Crippen LogP contribution in [0, 0.1) is 0 Å². The van der Waals surface area contributed by atoms with E-state index in [1.807, 2.05) is 0 Å². The van der Waals surface area contributed by atoms with Gasteiger partial charge >= 0.3 is 0 Å². The van der Waals surface area contributed by atoms with E-state index in [0.29, 0.717) is 18.7 Å². The van der Waals surface area contributed by atoms with Crippen molar-refractivity contribution in [3.8, 4) is 0 Å². The lowest BCUT2D eigenvalue weighted by molar-refractivity contribution is -0.119. The summed E-state index contributed by atoms with van der Waals surface area (Å²) >= 11 is 0. The smallest absolute Gasteiger partial charge is 0.261 e. The number of sulfonamides is 1. The number of carbonyl (C=O) groups excluding carboxylic acids is 1. The van der Waals surface area contributed by atoms with E-state index in [1.54, 1.807) is 35.4 Å². The van der Waals surface area contributed by atoms with Gasteiger partial charge in [0.05, 0.1) is 16.8 Å². The van der Waals surface area contributed by atoms with E-state index in [0.717, 1.165) is 18.5 Å². The van der Waals surface area contributed by atoms with Gasteiger partial charge in [0.15, 0.2) is 0 Å². The third-order valence-corrected chi connectivity index (χ3v) is 5.09. The molecule has 0 atom stereocenters. The number of rotatable bonds is 4. The molecule has 3 rings (SSSR count). The predicted molar refractivity (Wildman–Crippen MR) is 87.7 cm³/mol. The number of carbonyl (C=O) groups is 1. The number of pyridine rings is 1. The van der Waals surface area contributed by atoms with Crippen LogP contribution >= 0.6 is 0 Å². The molecular formula is C16H17N3O3S. The molecule has 0 unspecified atom stereocenters. The number of amides is 1. The second-order valence-corrected chi connectivity index (χ2v) is 7.03. The molecule has 1 fully saturated rings. The van der Waals surface area contributed by atoms with Crippen molar-refractivity contribution in [2.75, 3.05) is 16.2 Å². The van der Waals surface area contributed by atoms with E-state index in [-0.39, 0.29) is 10.8 Å². The fourth-order valence-corrected chi connectivity index (χ4v) is 3.56. The van der Waals surface area contributed by atoms with Gasteiger partial charge in [-0.25, -0.2) is 8.42 Å². The average molecular weight is 331 g/mol. The van der Waals surface area contributed by atoms with E-state index < -0.39 is 10.0 Å². The summed E-state index contributed by atoms with van der Waals surface area (Å²) in [7, 11) is -3.67. The molecule has 120 valence electrons. The summed E-state index contributed by atoms with van der Waals surface area (Å²) in [6, 6.07) is 9.64. The summed E-state index contributed by atoms with van der Waals surface area (Å²) in [5.41, 5.74) is 1.14. The number of hydrogen-bond acceptors (Lipinski definition) is 4. The Labute approximate surface area is 135 Å². The molecule has 6 nitrogen and oxygen atoms in total. The van der Waals surface area contributed by atoms with Crippen molar-refractivity contribution in [3.05, 3.63) is 48.8 Å². The Morgan fingerprint density at radius 3 is 2.52 bits per heavy atom. The summed E-state index contributed by atoms with van der Waals surface area (Å²) in [5, 5.41) is 0. The van der Waals surface area contributed by atoms with Gasteiger partial charge in [-0.3, -0.25) is 14.5 Å². The van der Waals surface area contributed by atoms with Gasteiger partial charge in [0.25, 0.3) is 10.0 Å². The second kappa shape index (κ2) is 6.37. The molecule has 0 radical (unpaired) electrons. The molecule has 0 bridgehead atoms. The zero-order valence-electron chi connectivity index (χ0n) is 12.5. The van der Waals surface area contributed by atoms with Crippen LogP contribution in [0.2, 0.25) is 0 Å². The SMILES string of the molecule is O=C1CCCCN1c1ccc(S(=O)(=O)Nc2cccnc2)cc1. The fraction of sp³-hybridized carbons (Fsp3) is 0.250. The summed E-state index contributed by atoms with van der Waals surface area (Å²) in [6.07, 6.45) is 5.44. The first-order valence-electron chi connectivity index (χ1n) is 7.39. The fourth-order valence-electron chi connectivity index (χ4n) is 2.52. The summed E-state index contributed by atoms with van der Waals surface area (Å²) in [6.45, 7) is 0.679. The highest BCUT2D eigenvalue weighted by Gasteiger charge is 2.20. The lowest BCUT2D eigenvalue weighted by Gasteiger charge is -2.26. The Hall–Kier alpha value is -2.41. The standard InChI is InChI=1S/C16H17N3O3S/c20-16-5-1-2-11-19(16)14-6-8-15(9-7-14)23(21,22)18-13-4-3-10-17-12-13/h3-4,6-10,12,18H,1-2,5,11H2. The molecule has 1 aliphatic rings. The van der Waals surface area contributed by atoms with Crippen LogP contribution in [0.15, 0.2) is 53.7 Å². The van der Waals surface area contributed by atoms with Gasteiger partial charge in [-0.2, -0.15) is 0 Å². The zero-order chi connectivity index (χ0) is 16.3. The number of piperidine rings is 1. The molecule has 1 aromatic carbocycles. The van der Waals surface area contributed by atoms with Crippen LogP contribution in [-0.2, 0) is 14.8 Å². The van der Waals surface area contributed by atoms with E-state index in [1.165, 1.54) is 18.3 Å². The molecule has 1 aliphatic heterocycles. The third-order valence-electron chi connectivity index (χ3n) is 3.70. The molecule has 23 heavy (non-hydrogen) atoms. The highest BCUT2D eigenvalue weighted by atomic mass is 32.2. The van der Waals surface area contributed by atoms with Gasteiger partial charge in [0.2, 0.25) is 5.91 Å². The highest BCUT2D eigenvalue weighted by Crippen LogP contribution is 2.23. The lowest BCUT2D eigenvalue weighted by Crippen LogP contribution is -2.35. The molecule has 1 aromatic heterocycles. The molecule has 1 N–H and O–H groups in total. The van der Waals surface area contributed by atoms with E-state index in [4.69, 9.17) is 0 Å². The Balaban J connectivity index is 1.80. The van der Waals surface area contributed by atoms with Crippen molar-refractivity contribution in [3.63, 3.8) is 0 Å². The minimum absolute atomic E-state index is 0.0837. The van der Waals surface area contributed by atoms with Crippen molar-refractivity contribution in [1.29, 1.82) is 0 Å². The normalized spacial score (nSPS) is 15.5. The van der Waals surface area contributed by atoms with Crippen LogP contribution in [0.4, 0.5) is 11.4 Å². The highest BCUT2D eigenvalue weighted by molar-refractivity contribution is 7.92. The molecule has 2 heterocycles. The minimum Gasteiger partial charge on any atom is -0.312 e. The van der Waals surface area contributed by atoms with Gasteiger partial charge in [-0.05, 0) is 49.2 Å². The maximum Gasteiger partial charge on any atom is 0.261 e. The summed E-state index contributed by atoms with van der Waals surface area (Å²) < 4.78 is 27.1. The lowest BCUT2D eigenvalue weighted by atomic mass is 10.1. The average Bonchev–Trinajstić information content (AvgIpc) is 2.56. The molecule has 0 saturated carbocycles. The maximum atomic E-state index is 12.3. The first kappa shape index (κ1) is 15.5. The van der Waals surface area contributed by atoms with Gasteiger partial charge < -0.3 is 4.90 Å². The maximum absolute atomic E-state index is 12.3. The molecule has 2 aromatic rings. The number of aromatic nitrogens is 1. The van der Waals surface area contributed by atoms with Crippen molar-refractivity contribution in [2.45, 2.75) is 24.2 Å². The number of anilines is 2. The Bertz CT molecular complexity index is 789. The topological polar surface area (TPSA) is 79.4 Å². The summed E-state index contributed by atoms with van der Waals surface area (Å²) in [5.74, 6) is 0.0837. The molecular weight excluding hydrogens is 314 g/mol. The van der Waals surface area contributed by atoms with Gasteiger partial charge in [0, 0.05) is 24.8 Å². The van der Waals surface area contributed by atoms with Crippen LogP contribution < -0.4 is 9.62 Å². The zero-order valence-corrected chi connectivity index (χ0v) is 13.3. The van der Waals surface area contributed by atoms with Crippen LogP contribution in [0.5, 0.6) is 0 Å². The second-order valence-electron chi connectivity index (χ2n) is 5.34. The Morgan fingerprint density at radius 2 is 1.87 bits per heavy atom.